The van der Waals surface area contributed by atoms with Crippen LogP contribution in [0, 0.1) is 0 Å². The molecule has 30 heavy (non-hydrogen) atoms. The molecular weight excluding hydrogens is 422 g/mol. The fraction of sp³-hybridized carbons (Fsp3) is 0.143. The number of ether oxygens (including phenoxy) is 1. The maximum absolute atomic E-state index is 13.0. The summed E-state index contributed by atoms with van der Waals surface area (Å²) in [7, 11) is 1.54. The van der Waals surface area contributed by atoms with Gasteiger partial charge in [-0.1, -0.05) is 65.6 Å². The van der Waals surface area contributed by atoms with Crippen molar-refractivity contribution in [3.8, 4) is 5.75 Å². The Morgan fingerprint density at radius 3 is 2.57 bits per heavy atom. The standard InChI is InChI=1S/C21H17N3O4S2/c1-28-14-10-6-9-13(11-14)16-15(17(25)12-7-4-3-5-8-12)18(26)19(27)24(16)20-22-23-21(29-2)30-20/h3-11,16,25H,1-2H3. The van der Waals surface area contributed by atoms with Crippen LogP contribution in [0.3, 0.4) is 0 Å². The van der Waals surface area contributed by atoms with E-state index in [0.29, 0.717) is 26.3 Å². The van der Waals surface area contributed by atoms with Gasteiger partial charge in [0.25, 0.3) is 5.78 Å². The Hall–Kier alpha value is -3.17. The minimum absolute atomic E-state index is 0.000328. The third-order valence-electron chi connectivity index (χ3n) is 4.68. The van der Waals surface area contributed by atoms with E-state index in [1.807, 2.05) is 6.26 Å². The van der Waals surface area contributed by atoms with Crippen LogP contribution < -0.4 is 9.64 Å². The second-order valence-electron chi connectivity index (χ2n) is 6.37. The first-order valence-corrected chi connectivity index (χ1v) is 11.0. The number of methoxy groups -OCH3 is 1. The van der Waals surface area contributed by atoms with E-state index in [1.165, 1.54) is 35.1 Å². The smallest absolute Gasteiger partial charge is 0.301 e. The van der Waals surface area contributed by atoms with Crippen LogP contribution in [0.5, 0.6) is 5.75 Å². The zero-order valence-corrected chi connectivity index (χ0v) is 17.7. The molecule has 2 heterocycles. The summed E-state index contributed by atoms with van der Waals surface area (Å²) in [5.74, 6) is -1.20. The Morgan fingerprint density at radius 1 is 1.13 bits per heavy atom. The molecule has 1 unspecified atom stereocenters. The van der Waals surface area contributed by atoms with Crippen LogP contribution in [0.25, 0.3) is 5.76 Å². The molecule has 3 aromatic rings. The Labute approximate surface area is 181 Å². The van der Waals surface area contributed by atoms with Crippen LogP contribution in [0.15, 0.2) is 64.5 Å². The highest BCUT2D eigenvalue weighted by Gasteiger charge is 2.48. The van der Waals surface area contributed by atoms with Crippen LogP contribution in [0.1, 0.15) is 17.2 Å². The van der Waals surface area contributed by atoms with Gasteiger partial charge in [0.2, 0.25) is 5.13 Å². The second-order valence-corrected chi connectivity index (χ2v) is 8.38. The average molecular weight is 440 g/mol. The van der Waals surface area contributed by atoms with E-state index in [0.717, 1.165) is 0 Å². The summed E-state index contributed by atoms with van der Waals surface area (Å²) in [4.78, 5) is 27.3. The van der Waals surface area contributed by atoms with Gasteiger partial charge in [-0.3, -0.25) is 14.5 Å². The highest BCUT2D eigenvalue weighted by Crippen LogP contribution is 2.44. The molecule has 0 aliphatic carbocycles. The Balaban J connectivity index is 1.94. The van der Waals surface area contributed by atoms with Gasteiger partial charge >= 0.3 is 5.91 Å². The number of ketones is 1. The predicted octanol–water partition coefficient (Wildman–Crippen LogP) is 3.89. The summed E-state index contributed by atoms with van der Waals surface area (Å²) in [6.45, 7) is 0. The molecule has 7 nitrogen and oxygen atoms in total. The molecule has 1 aromatic heterocycles. The normalized spacial score (nSPS) is 18.1. The molecule has 1 saturated heterocycles. The lowest BCUT2D eigenvalue weighted by molar-refractivity contribution is -0.132. The molecule has 152 valence electrons. The van der Waals surface area contributed by atoms with Gasteiger partial charge in [0.15, 0.2) is 4.34 Å². The number of hydrogen-bond acceptors (Lipinski definition) is 8. The van der Waals surface area contributed by atoms with Gasteiger partial charge in [0, 0.05) is 5.56 Å². The first-order valence-electron chi connectivity index (χ1n) is 8.93. The van der Waals surface area contributed by atoms with Gasteiger partial charge in [-0.2, -0.15) is 0 Å². The molecule has 1 fully saturated rings. The van der Waals surface area contributed by atoms with E-state index in [9.17, 15) is 14.7 Å². The number of rotatable bonds is 5. The summed E-state index contributed by atoms with van der Waals surface area (Å²) >= 11 is 2.61. The number of benzene rings is 2. The number of anilines is 1. The summed E-state index contributed by atoms with van der Waals surface area (Å²) in [5.41, 5.74) is 1.07. The van der Waals surface area contributed by atoms with Crippen LogP contribution in [-0.4, -0.2) is 40.4 Å². The zero-order chi connectivity index (χ0) is 21.3. The quantitative estimate of drug-likeness (QED) is 0.212. The first kappa shape index (κ1) is 20.1. The molecule has 4 rings (SSSR count). The minimum Gasteiger partial charge on any atom is -0.507 e. The minimum atomic E-state index is -0.858. The molecular formula is C21H17N3O4S2. The number of aromatic nitrogens is 2. The number of nitrogens with zero attached hydrogens (tertiary/aromatic N) is 3. The molecule has 0 bridgehead atoms. The van der Waals surface area contributed by atoms with Gasteiger partial charge in [0.1, 0.15) is 11.5 Å². The van der Waals surface area contributed by atoms with Crippen molar-refractivity contribution in [3.05, 3.63) is 71.3 Å². The monoisotopic (exact) mass is 439 g/mol. The Kier molecular flexibility index (Phi) is 5.56. The van der Waals surface area contributed by atoms with Crippen LogP contribution in [-0.2, 0) is 9.59 Å². The van der Waals surface area contributed by atoms with Crippen LogP contribution in [0.2, 0.25) is 0 Å². The number of aliphatic hydroxyl groups excluding tert-OH is 1. The number of carbonyl (C=O) groups excluding carboxylic acids is 2. The fourth-order valence-electron chi connectivity index (χ4n) is 3.29. The lowest BCUT2D eigenvalue weighted by atomic mass is 9.95. The molecule has 9 heteroatoms. The SMILES string of the molecule is COc1cccc(C2C(=C(O)c3ccccc3)C(=O)C(=O)N2c2nnc(SC)s2)c1. The molecule has 2 aromatic carbocycles. The Bertz CT molecular complexity index is 1140. The van der Waals surface area contributed by atoms with Gasteiger partial charge in [0.05, 0.1) is 18.7 Å². The van der Waals surface area contributed by atoms with E-state index >= 15 is 0 Å². The van der Waals surface area contributed by atoms with E-state index < -0.39 is 17.7 Å². The van der Waals surface area contributed by atoms with Crippen LogP contribution >= 0.6 is 23.1 Å². The highest BCUT2D eigenvalue weighted by atomic mass is 32.2. The van der Waals surface area contributed by atoms with Crippen molar-refractivity contribution in [1.29, 1.82) is 0 Å². The van der Waals surface area contributed by atoms with Crippen molar-refractivity contribution < 1.29 is 19.4 Å². The van der Waals surface area contributed by atoms with Crippen molar-refractivity contribution in [3.63, 3.8) is 0 Å². The topological polar surface area (TPSA) is 92.6 Å². The number of carbonyl (C=O) groups is 2. The van der Waals surface area contributed by atoms with Gasteiger partial charge in [-0.25, -0.2) is 0 Å². The summed E-state index contributed by atoms with van der Waals surface area (Å²) < 4.78 is 5.98. The van der Waals surface area contributed by atoms with E-state index in [4.69, 9.17) is 4.74 Å². The molecule has 0 spiro atoms. The third kappa shape index (κ3) is 3.46. The predicted molar refractivity (Wildman–Crippen MR) is 116 cm³/mol. The highest BCUT2D eigenvalue weighted by molar-refractivity contribution is 8.00. The van der Waals surface area contributed by atoms with E-state index in [1.54, 1.807) is 54.6 Å². The number of thioether (sulfide) groups is 1. The van der Waals surface area contributed by atoms with Crippen molar-refractivity contribution in [2.75, 3.05) is 18.3 Å². The second kappa shape index (κ2) is 8.29. The van der Waals surface area contributed by atoms with Crippen molar-refractivity contribution in [2.24, 2.45) is 0 Å². The molecule has 1 aliphatic heterocycles. The summed E-state index contributed by atoms with van der Waals surface area (Å²) in [5, 5.41) is 19.4. The molecule has 1 amide bonds. The molecule has 0 radical (unpaired) electrons. The number of Topliss-reactive ketones (excluding diaryl/α,β-unsaturated/α-hetero) is 1. The molecule has 1 aliphatic rings. The summed E-state index contributed by atoms with van der Waals surface area (Å²) in [6, 6.07) is 14.9. The molecule has 1 atom stereocenters. The average Bonchev–Trinajstić information content (AvgIpc) is 3.36. The number of amides is 1. The zero-order valence-electron chi connectivity index (χ0n) is 16.1. The van der Waals surface area contributed by atoms with Gasteiger partial charge in [-0.05, 0) is 24.0 Å². The largest absolute Gasteiger partial charge is 0.507 e. The molecule has 1 N–H and O–H groups in total. The van der Waals surface area contributed by atoms with Gasteiger partial charge < -0.3 is 9.84 Å². The summed E-state index contributed by atoms with van der Waals surface area (Å²) in [6.07, 6.45) is 1.85. The lowest BCUT2D eigenvalue weighted by Crippen LogP contribution is -2.29. The number of aliphatic hydroxyl groups is 1. The van der Waals surface area contributed by atoms with Crippen molar-refractivity contribution in [2.45, 2.75) is 10.4 Å². The maximum atomic E-state index is 13.0. The van der Waals surface area contributed by atoms with Crippen molar-refractivity contribution >= 4 is 45.7 Å². The third-order valence-corrected chi connectivity index (χ3v) is 6.58. The van der Waals surface area contributed by atoms with E-state index in [-0.39, 0.29) is 11.3 Å². The van der Waals surface area contributed by atoms with Gasteiger partial charge in [-0.15, -0.1) is 10.2 Å². The van der Waals surface area contributed by atoms with Crippen LogP contribution in [0.4, 0.5) is 5.13 Å². The lowest BCUT2D eigenvalue weighted by Gasteiger charge is -2.22. The maximum Gasteiger partial charge on any atom is 0.301 e. The molecule has 0 saturated carbocycles. The van der Waals surface area contributed by atoms with E-state index in [2.05, 4.69) is 10.2 Å². The fourth-order valence-corrected chi connectivity index (χ4v) is 4.58. The van der Waals surface area contributed by atoms with Crippen molar-refractivity contribution in [1.82, 2.24) is 10.2 Å². The Morgan fingerprint density at radius 2 is 1.90 bits per heavy atom. The first-order chi connectivity index (χ1) is 14.5. The number of hydrogen-bond donors (Lipinski definition) is 1.